The zero-order chi connectivity index (χ0) is 15.0. The third-order valence-corrected chi connectivity index (χ3v) is 3.75. The van der Waals surface area contributed by atoms with E-state index in [9.17, 15) is 14.9 Å². The lowest BCUT2D eigenvalue weighted by atomic mass is 10.1. The summed E-state index contributed by atoms with van der Waals surface area (Å²) in [7, 11) is 0. The summed E-state index contributed by atoms with van der Waals surface area (Å²) in [6.45, 7) is 1.87. The molecule has 0 saturated heterocycles. The SMILES string of the molecule is Cc1csc2nc(NC(=O)c3ccccc3[N+](=O)[O-])nn12. The van der Waals surface area contributed by atoms with Crippen LogP contribution in [0.15, 0.2) is 29.6 Å². The number of carbonyl (C=O) groups excluding carboxylic acids is 1. The summed E-state index contributed by atoms with van der Waals surface area (Å²) in [5, 5.41) is 19.4. The third kappa shape index (κ3) is 2.34. The van der Waals surface area contributed by atoms with E-state index in [1.54, 1.807) is 10.6 Å². The van der Waals surface area contributed by atoms with Crippen molar-refractivity contribution in [2.75, 3.05) is 5.32 Å². The van der Waals surface area contributed by atoms with Crippen LogP contribution in [-0.2, 0) is 0 Å². The number of amides is 1. The number of aryl methyl sites for hydroxylation is 1. The van der Waals surface area contributed by atoms with E-state index in [1.165, 1.54) is 29.5 Å². The van der Waals surface area contributed by atoms with Gasteiger partial charge in [-0.25, -0.2) is 4.52 Å². The van der Waals surface area contributed by atoms with Crippen molar-refractivity contribution in [3.63, 3.8) is 0 Å². The number of rotatable bonds is 3. The molecular formula is C12H9N5O3S. The molecule has 21 heavy (non-hydrogen) atoms. The van der Waals surface area contributed by atoms with Crippen LogP contribution in [0.3, 0.4) is 0 Å². The van der Waals surface area contributed by atoms with Crippen LogP contribution in [0.25, 0.3) is 4.96 Å². The zero-order valence-electron chi connectivity index (χ0n) is 10.8. The Kier molecular flexibility index (Phi) is 3.10. The van der Waals surface area contributed by atoms with Gasteiger partial charge in [-0.3, -0.25) is 20.2 Å². The van der Waals surface area contributed by atoms with E-state index in [0.717, 1.165) is 5.69 Å². The number of nitro groups is 1. The number of hydrogen-bond acceptors (Lipinski definition) is 6. The van der Waals surface area contributed by atoms with Crippen LogP contribution in [-0.4, -0.2) is 25.4 Å². The molecule has 2 heterocycles. The van der Waals surface area contributed by atoms with Crippen molar-refractivity contribution in [2.45, 2.75) is 6.92 Å². The van der Waals surface area contributed by atoms with Crippen LogP contribution < -0.4 is 5.32 Å². The highest BCUT2D eigenvalue weighted by Gasteiger charge is 2.20. The molecule has 106 valence electrons. The molecule has 1 aromatic carbocycles. The van der Waals surface area contributed by atoms with Gasteiger partial charge in [0.25, 0.3) is 17.5 Å². The maximum absolute atomic E-state index is 12.1. The Morgan fingerprint density at radius 1 is 1.43 bits per heavy atom. The Hall–Kier alpha value is -2.81. The van der Waals surface area contributed by atoms with Crippen molar-refractivity contribution in [3.05, 3.63) is 51.0 Å². The summed E-state index contributed by atoms with van der Waals surface area (Å²) in [5.74, 6) is -0.494. The molecule has 0 radical (unpaired) electrons. The highest BCUT2D eigenvalue weighted by Crippen LogP contribution is 2.20. The molecule has 0 aliphatic rings. The van der Waals surface area contributed by atoms with E-state index in [1.807, 2.05) is 12.3 Å². The molecule has 1 N–H and O–H groups in total. The Balaban J connectivity index is 1.91. The second-order valence-electron chi connectivity index (χ2n) is 4.24. The Bertz CT molecular complexity index is 854. The van der Waals surface area contributed by atoms with E-state index >= 15 is 0 Å². The molecule has 0 saturated carbocycles. The average molecular weight is 303 g/mol. The highest BCUT2D eigenvalue weighted by molar-refractivity contribution is 7.15. The molecule has 0 aliphatic heterocycles. The standard InChI is InChI=1S/C12H9N5O3S/c1-7-6-21-12-14-11(15-16(7)12)13-10(18)8-4-2-3-5-9(8)17(19)20/h2-6H,1H3,(H,13,15,18). The normalized spacial score (nSPS) is 10.7. The van der Waals surface area contributed by atoms with Gasteiger partial charge in [0.05, 0.1) is 10.6 Å². The molecule has 9 heteroatoms. The average Bonchev–Trinajstić information content (AvgIpc) is 3.01. The number of nitrogens with zero attached hydrogens (tertiary/aromatic N) is 4. The smallest absolute Gasteiger partial charge is 0.282 e. The predicted molar refractivity (Wildman–Crippen MR) is 76.7 cm³/mol. The summed E-state index contributed by atoms with van der Waals surface area (Å²) in [4.78, 5) is 27.2. The van der Waals surface area contributed by atoms with E-state index in [2.05, 4.69) is 15.4 Å². The molecule has 0 fully saturated rings. The lowest BCUT2D eigenvalue weighted by Gasteiger charge is -2.01. The van der Waals surface area contributed by atoms with Gasteiger partial charge in [-0.15, -0.1) is 16.4 Å². The monoisotopic (exact) mass is 303 g/mol. The maximum atomic E-state index is 12.1. The number of hydrogen-bond donors (Lipinski definition) is 1. The number of para-hydroxylation sites is 1. The minimum Gasteiger partial charge on any atom is -0.289 e. The van der Waals surface area contributed by atoms with E-state index < -0.39 is 10.8 Å². The lowest BCUT2D eigenvalue weighted by molar-refractivity contribution is -0.385. The molecule has 8 nitrogen and oxygen atoms in total. The highest BCUT2D eigenvalue weighted by atomic mass is 32.1. The van der Waals surface area contributed by atoms with Crippen molar-refractivity contribution in [1.29, 1.82) is 0 Å². The van der Waals surface area contributed by atoms with Crippen LogP contribution >= 0.6 is 11.3 Å². The lowest BCUT2D eigenvalue weighted by Crippen LogP contribution is -2.15. The number of carbonyl (C=O) groups is 1. The van der Waals surface area contributed by atoms with Crippen molar-refractivity contribution in [2.24, 2.45) is 0 Å². The van der Waals surface area contributed by atoms with Crippen LogP contribution in [0.1, 0.15) is 16.1 Å². The number of anilines is 1. The number of benzene rings is 1. The van der Waals surface area contributed by atoms with Crippen molar-refractivity contribution >= 4 is 33.8 Å². The maximum Gasteiger partial charge on any atom is 0.282 e. The van der Waals surface area contributed by atoms with Gasteiger partial charge in [-0.1, -0.05) is 12.1 Å². The van der Waals surface area contributed by atoms with E-state index in [-0.39, 0.29) is 17.2 Å². The second kappa shape index (κ2) is 4.94. The molecule has 3 aromatic rings. The number of thiazole rings is 1. The van der Waals surface area contributed by atoms with Crippen LogP contribution in [0.4, 0.5) is 11.6 Å². The van der Waals surface area contributed by atoms with Crippen LogP contribution in [0, 0.1) is 17.0 Å². The molecule has 2 aromatic heterocycles. The summed E-state index contributed by atoms with van der Waals surface area (Å²) in [6, 6.07) is 5.73. The quantitative estimate of drug-likeness (QED) is 0.590. The Morgan fingerprint density at radius 3 is 2.90 bits per heavy atom. The van der Waals surface area contributed by atoms with Gasteiger partial charge in [0.15, 0.2) is 0 Å². The van der Waals surface area contributed by atoms with Crippen LogP contribution in [0.2, 0.25) is 0 Å². The Morgan fingerprint density at radius 2 is 2.19 bits per heavy atom. The zero-order valence-corrected chi connectivity index (χ0v) is 11.6. The van der Waals surface area contributed by atoms with E-state index in [4.69, 9.17) is 0 Å². The van der Waals surface area contributed by atoms with Gasteiger partial charge >= 0.3 is 0 Å². The summed E-state index contributed by atoms with van der Waals surface area (Å²) in [5.41, 5.74) is 0.610. The topological polar surface area (TPSA) is 102 Å². The van der Waals surface area contributed by atoms with Gasteiger partial charge in [-0.05, 0) is 13.0 Å². The van der Waals surface area contributed by atoms with Crippen molar-refractivity contribution < 1.29 is 9.72 Å². The van der Waals surface area contributed by atoms with Gasteiger partial charge in [0.2, 0.25) is 4.96 Å². The van der Waals surface area contributed by atoms with Gasteiger partial charge in [0, 0.05) is 11.4 Å². The van der Waals surface area contributed by atoms with Crippen molar-refractivity contribution in [3.8, 4) is 0 Å². The fourth-order valence-corrected chi connectivity index (χ4v) is 2.64. The third-order valence-electron chi connectivity index (χ3n) is 2.82. The summed E-state index contributed by atoms with van der Waals surface area (Å²) >= 11 is 1.40. The predicted octanol–water partition coefficient (Wildman–Crippen LogP) is 2.26. The van der Waals surface area contributed by atoms with Crippen molar-refractivity contribution in [1.82, 2.24) is 14.6 Å². The minimum absolute atomic E-state index is 0.0302. The minimum atomic E-state index is -0.613. The fourth-order valence-electron chi connectivity index (χ4n) is 1.84. The first-order valence-electron chi connectivity index (χ1n) is 5.92. The Labute approximate surface area is 122 Å². The fraction of sp³-hybridized carbons (Fsp3) is 0.0833. The molecule has 1 amide bonds. The number of fused-ring (bicyclic) bond motifs is 1. The van der Waals surface area contributed by atoms with Gasteiger partial charge in [-0.2, -0.15) is 4.98 Å². The summed E-state index contributed by atoms with van der Waals surface area (Å²) in [6.07, 6.45) is 0. The van der Waals surface area contributed by atoms with Gasteiger partial charge in [0.1, 0.15) is 5.56 Å². The molecule has 0 unspecified atom stereocenters. The first kappa shape index (κ1) is 13.2. The number of nitrogens with one attached hydrogen (secondary N) is 1. The first-order chi connectivity index (χ1) is 10.1. The molecule has 0 aliphatic carbocycles. The van der Waals surface area contributed by atoms with E-state index in [0.29, 0.717) is 4.96 Å². The van der Waals surface area contributed by atoms with Crippen LogP contribution in [0.5, 0.6) is 0 Å². The number of nitro benzene ring substituents is 1. The first-order valence-corrected chi connectivity index (χ1v) is 6.80. The second-order valence-corrected chi connectivity index (χ2v) is 5.07. The number of aromatic nitrogens is 3. The molecule has 0 bridgehead atoms. The molecular weight excluding hydrogens is 294 g/mol. The largest absolute Gasteiger partial charge is 0.289 e. The molecule has 3 rings (SSSR count). The molecule has 0 spiro atoms. The summed E-state index contributed by atoms with van der Waals surface area (Å²) < 4.78 is 1.60. The van der Waals surface area contributed by atoms with Gasteiger partial charge < -0.3 is 0 Å². The molecule has 0 atom stereocenters.